The number of hydrogen-bond acceptors (Lipinski definition) is 4. The van der Waals surface area contributed by atoms with Gasteiger partial charge < -0.3 is 5.32 Å². The molecule has 1 aliphatic heterocycles. The molecule has 0 spiro atoms. The highest BCUT2D eigenvalue weighted by molar-refractivity contribution is 7.99. The topological polar surface area (TPSA) is 42.2 Å². The monoisotopic (exact) mass is 234 g/mol. The summed E-state index contributed by atoms with van der Waals surface area (Å²) in [5.74, 6) is 1.08. The molecule has 0 amide bonds. The van der Waals surface area contributed by atoms with Gasteiger partial charge in [-0.2, -0.15) is 0 Å². The fraction of sp³-hybridized carbons (Fsp3) is 0.455. The number of fused-ring (bicyclic) bond motifs is 1. The zero-order valence-electron chi connectivity index (χ0n) is 8.97. The number of hydrogen-bond donors (Lipinski definition) is 1. The maximum atomic E-state index is 4.20. The Hall–Kier alpha value is -1.07. The first-order valence-corrected chi connectivity index (χ1v) is 6.58. The van der Waals surface area contributed by atoms with Crippen molar-refractivity contribution in [3.63, 3.8) is 0 Å². The highest BCUT2D eigenvalue weighted by Crippen LogP contribution is 2.20. The van der Waals surface area contributed by atoms with Gasteiger partial charge in [0.15, 0.2) is 10.8 Å². The quantitative estimate of drug-likeness (QED) is 0.819. The van der Waals surface area contributed by atoms with E-state index in [-0.39, 0.29) is 0 Å². The number of nitrogens with zero attached hydrogens (tertiary/aromatic N) is 3. The molecule has 16 heavy (non-hydrogen) atoms. The van der Waals surface area contributed by atoms with Crippen LogP contribution in [-0.4, -0.2) is 32.9 Å². The normalized spacial score (nSPS) is 20.6. The molecule has 0 bridgehead atoms. The van der Waals surface area contributed by atoms with Gasteiger partial charge in [0.05, 0.1) is 0 Å². The lowest BCUT2D eigenvalue weighted by Crippen LogP contribution is -2.23. The first-order valence-electron chi connectivity index (χ1n) is 5.59. The summed E-state index contributed by atoms with van der Waals surface area (Å²) in [5, 5.41) is 12.8. The van der Waals surface area contributed by atoms with Gasteiger partial charge in [-0.15, -0.1) is 10.2 Å². The number of pyridine rings is 1. The van der Waals surface area contributed by atoms with Gasteiger partial charge in [0.25, 0.3) is 0 Å². The summed E-state index contributed by atoms with van der Waals surface area (Å²) >= 11 is 1.78. The van der Waals surface area contributed by atoms with Crippen LogP contribution in [0.15, 0.2) is 29.6 Å². The summed E-state index contributed by atoms with van der Waals surface area (Å²) in [5.41, 5.74) is 0.921. The van der Waals surface area contributed by atoms with E-state index in [0.717, 1.165) is 23.1 Å². The molecule has 3 rings (SSSR count). The smallest absolute Gasteiger partial charge is 0.195 e. The van der Waals surface area contributed by atoms with Crippen molar-refractivity contribution in [1.82, 2.24) is 19.9 Å². The average Bonchev–Trinajstić information content (AvgIpc) is 2.96. The molecule has 1 fully saturated rings. The molecule has 84 valence electrons. The standard InChI is InChI=1S/C11H14N4S/c1-2-7-15-10(5-1)13-14-11(15)16-8-9-4-3-6-12-9/h1-2,5,7,9,12H,3-4,6,8H2/t9-/m0/s1. The van der Waals surface area contributed by atoms with Gasteiger partial charge in [0, 0.05) is 18.0 Å². The number of aromatic nitrogens is 3. The van der Waals surface area contributed by atoms with E-state index in [4.69, 9.17) is 0 Å². The molecule has 2 aromatic rings. The minimum atomic E-state index is 0.640. The van der Waals surface area contributed by atoms with Crippen molar-refractivity contribution in [1.29, 1.82) is 0 Å². The first-order chi connectivity index (χ1) is 7.93. The Labute approximate surface area is 98.4 Å². The molecule has 1 atom stereocenters. The number of nitrogens with one attached hydrogen (secondary N) is 1. The number of thioether (sulfide) groups is 1. The van der Waals surface area contributed by atoms with Crippen molar-refractivity contribution in [2.75, 3.05) is 12.3 Å². The zero-order chi connectivity index (χ0) is 10.8. The van der Waals surface area contributed by atoms with E-state index in [1.54, 1.807) is 11.8 Å². The highest BCUT2D eigenvalue weighted by atomic mass is 32.2. The summed E-state index contributed by atoms with van der Waals surface area (Å²) in [6.07, 6.45) is 4.59. The Morgan fingerprint density at radius 3 is 3.31 bits per heavy atom. The van der Waals surface area contributed by atoms with Crippen LogP contribution in [0, 0.1) is 0 Å². The van der Waals surface area contributed by atoms with Crippen LogP contribution < -0.4 is 5.32 Å². The molecule has 1 N–H and O–H groups in total. The summed E-state index contributed by atoms with van der Waals surface area (Å²) in [6, 6.07) is 6.61. The molecule has 0 aliphatic carbocycles. The van der Waals surface area contributed by atoms with Crippen LogP contribution in [0.4, 0.5) is 0 Å². The van der Waals surface area contributed by atoms with E-state index < -0.39 is 0 Å². The predicted octanol–water partition coefficient (Wildman–Crippen LogP) is 1.57. The molecular formula is C11H14N4S. The van der Waals surface area contributed by atoms with Gasteiger partial charge in [-0.3, -0.25) is 4.40 Å². The van der Waals surface area contributed by atoms with Crippen LogP contribution in [0.2, 0.25) is 0 Å². The van der Waals surface area contributed by atoms with Crippen molar-refractivity contribution in [2.24, 2.45) is 0 Å². The fourth-order valence-electron chi connectivity index (χ4n) is 1.99. The van der Waals surface area contributed by atoms with Crippen molar-refractivity contribution in [3.05, 3.63) is 24.4 Å². The number of rotatable bonds is 3. The molecule has 0 radical (unpaired) electrons. The van der Waals surface area contributed by atoms with E-state index in [1.165, 1.54) is 12.8 Å². The Balaban J connectivity index is 1.73. The summed E-state index contributed by atoms with van der Waals surface area (Å²) < 4.78 is 2.04. The van der Waals surface area contributed by atoms with Crippen LogP contribution in [0.25, 0.3) is 5.65 Å². The third-order valence-electron chi connectivity index (χ3n) is 2.86. The predicted molar refractivity (Wildman–Crippen MR) is 64.7 cm³/mol. The second kappa shape index (κ2) is 4.43. The van der Waals surface area contributed by atoms with Gasteiger partial charge in [0.1, 0.15) is 0 Å². The zero-order valence-corrected chi connectivity index (χ0v) is 9.78. The molecular weight excluding hydrogens is 220 g/mol. The minimum Gasteiger partial charge on any atom is -0.313 e. The molecule has 1 saturated heterocycles. The van der Waals surface area contributed by atoms with E-state index in [9.17, 15) is 0 Å². The van der Waals surface area contributed by atoms with E-state index in [1.807, 2.05) is 28.8 Å². The van der Waals surface area contributed by atoms with Crippen molar-refractivity contribution in [3.8, 4) is 0 Å². The fourth-order valence-corrected chi connectivity index (χ4v) is 3.02. The molecule has 4 nitrogen and oxygen atoms in total. The molecule has 2 aromatic heterocycles. The Bertz CT molecular complexity index is 476. The summed E-state index contributed by atoms with van der Waals surface area (Å²) in [6.45, 7) is 1.16. The first kappa shape index (κ1) is 10.1. The largest absolute Gasteiger partial charge is 0.313 e. The Morgan fingerprint density at radius 2 is 2.44 bits per heavy atom. The molecule has 1 aliphatic rings. The highest BCUT2D eigenvalue weighted by Gasteiger charge is 2.15. The van der Waals surface area contributed by atoms with Gasteiger partial charge in [-0.1, -0.05) is 17.8 Å². The lowest BCUT2D eigenvalue weighted by atomic mass is 10.3. The van der Waals surface area contributed by atoms with E-state index in [0.29, 0.717) is 6.04 Å². The van der Waals surface area contributed by atoms with Gasteiger partial charge >= 0.3 is 0 Å². The van der Waals surface area contributed by atoms with Crippen molar-refractivity contribution in [2.45, 2.75) is 24.0 Å². The Kier molecular flexibility index (Phi) is 2.80. The van der Waals surface area contributed by atoms with Crippen molar-refractivity contribution >= 4 is 17.4 Å². The molecule has 0 unspecified atom stereocenters. The van der Waals surface area contributed by atoms with Crippen LogP contribution >= 0.6 is 11.8 Å². The SMILES string of the molecule is c1ccn2c(SC[C@@H]3CCCN3)nnc2c1. The molecule has 0 aromatic carbocycles. The molecule has 5 heteroatoms. The molecule has 3 heterocycles. The Morgan fingerprint density at radius 1 is 1.44 bits per heavy atom. The van der Waals surface area contributed by atoms with Crippen LogP contribution in [-0.2, 0) is 0 Å². The summed E-state index contributed by atoms with van der Waals surface area (Å²) in [7, 11) is 0. The van der Waals surface area contributed by atoms with E-state index in [2.05, 4.69) is 15.5 Å². The minimum absolute atomic E-state index is 0.640. The maximum absolute atomic E-state index is 4.20. The lowest BCUT2D eigenvalue weighted by molar-refractivity contribution is 0.672. The third-order valence-corrected chi connectivity index (χ3v) is 3.96. The second-order valence-electron chi connectivity index (χ2n) is 4.02. The van der Waals surface area contributed by atoms with Crippen LogP contribution in [0.5, 0.6) is 0 Å². The lowest BCUT2D eigenvalue weighted by Gasteiger charge is -2.07. The molecule has 0 saturated carbocycles. The van der Waals surface area contributed by atoms with Crippen molar-refractivity contribution < 1.29 is 0 Å². The van der Waals surface area contributed by atoms with Crippen LogP contribution in [0.1, 0.15) is 12.8 Å². The van der Waals surface area contributed by atoms with Crippen LogP contribution in [0.3, 0.4) is 0 Å². The van der Waals surface area contributed by atoms with E-state index >= 15 is 0 Å². The maximum Gasteiger partial charge on any atom is 0.195 e. The van der Waals surface area contributed by atoms with Gasteiger partial charge in [-0.25, -0.2) is 0 Å². The van der Waals surface area contributed by atoms with Gasteiger partial charge in [0.2, 0.25) is 0 Å². The van der Waals surface area contributed by atoms with Gasteiger partial charge in [-0.05, 0) is 31.5 Å². The average molecular weight is 234 g/mol. The summed E-state index contributed by atoms with van der Waals surface area (Å²) in [4.78, 5) is 0. The third kappa shape index (κ3) is 1.92. The second-order valence-corrected chi connectivity index (χ2v) is 5.00.